The van der Waals surface area contributed by atoms with E-state index in [-0.39, 0.29) is 4.90 Å². The number of hydrogen-bond acceptors (Lipinski definition) is 5. The predicted octanol–water partition coefficient (Wildman–Crippen LogP) is 2.00. The van der Waals surface area contributed by atoms with Crippen LogP contribution in [-0.2, 0) is 14.8 Å². The zero-order valence-electron chi connectivity index (χ0n) is 11.8. The van der Waals surface area contributed by atoms with Crippen molar-refractivity contribution in [2.45, 2.75) is 31.1 Å². The molecule has 0 spiro atoms. The van der Waals surface area contributed by atoms with Gasteiger partial charge in [0.05, 0.1) is 10.6 Å². The molecule has 1 aliphatic heterocycles. The Kier molecular flexibility index (Phi) is 4.89. The molecule has 0 saturated carbocycles. The number of nitrogens with zero attached hydrogens (tertiary/aromatic N) is 3. The number of piperidine rings is 1. The van der Waals surface area contributed by atoms with Gasteiger partial charge in [-0.2, -0.15) is 0 Å². The number of carbonyl (C=O) groups is 1. The van der Waals surface area contributed by atoms with Gasteiger partial charge in [-0.1, -0.05) is 5.22 Å². The van der Waals surface area contributed by atoms with Crippen LogP contribution in [0.2, 0.25) is 0 Å². The molecule has 2 rings (SSSR count). The van der Waals surface area contributed by atoms with E-state index >= 15 is 0 Å². The van der Waals surface area contributed by atoms with Crippen molar-refractivity contribution in [3.8, 4) is 0 Å². The molecule has 0 unspecified atom stereocenters. The molecule has 1 aromatic carbocycles. The van der Waals surface area contributed by atoms with E-state index in [0.29, 0.717) is 5.69 Å². The lowest BCUT2D eigenvalue weighted by Crippen LogP contribution is -2.28. The Hall–Kier alpha value is -1.96. The number of rotatable bonds is 4. The maximum absolute atomic E-state index is 11.8. The van der Waals surface area contributed by atoms with Crippen molar-refractivity contribution in [3.05, 3.63) is 24.3 Å². The monoisotopic (exact) mass is 310 g/mol. The summed E-state index contributed by atoms with van der Waals surface area (Å²) in [7, 11) is -3.79. The van der Waals surface area contributed by atoms with Crippen LogP contribution in [0.1, 0.15) is 26.2 Å². The van der Waals surface area contributed by atoms with Crippen LogP contribution in [-0.4, -0.2) is 32.4 Å². The molecular formula is C13H18N4O3S. The molecule has 1 aliphatic rings. The van der Waals surface area contributed by atoms with Gasteiger partial charge in [-0.25, -0.2) is 13.1 Å². The van der Waals surface area contributed by atoms with Crippen LogP contribution < -0.4 is 4.72 Å². The highest BCUT2D eigenvalue weighted by atomic mass is 32.2. The van der Waals surface area contributed by atoms with E-state index in [1.807, 2.05) is 9.73 Å². The lowest BCUT2D eigenvalue weighted by atomic mass is 10.2. The lowest BCUT2D eigenvalue weighted by molar-refractivity contribution is -0.117. The van der Waals surface area contributed by atoms with Crippen LogP contribution in [0.4, 0.5) is 5.69 Å². The summed E-state index contributed by atoms with van der Waals surface area (Å²) in [5.41, 5.74) is 0.572. The highest BCUT2D eigenvalue weighted by Gasteiger charge is 2.15. The average Bonchev–Trinajstić information content (AvgIpc) is 2.45. The van der Waals surface area contributed by atoms with Gasteiger partial charge in [-0.3, -0.25) is 9.80 Å². The van der Waals surface area contributed by atoms with E-state index in [1.165, 1.54) is 18.6 Å². The first-order chi connectivity index (χ1) is 9.97. The van der Waals surface area contributed by atoms with Crippen molar-refractivity contribution in [3.63, 3.8) is 0 Å². The molecule has 1 amide bonds. The number of benzene rings is 1. The highest BCUT2D eigenvalue weighted by molar-refractivity contribution is 7.90. The van der Waals surface area contributed by atoms with E-state index in [1.54, 1.807) is 12.1 Å². The third-order valence-corrected chi connectivity index (χ3v) is 4.49. The fourth-order valence-corrected chi connectivity index (χ4v) is 3.01. The van der Waals surface area contributed by atoms with Gasteiger partial charge < -0.3 is 0 Å². The largest absolute Gasteiger partial charge is 0.278 e. The summed E-state index contributed by atoms with van der Waals surface area (Å²) in [6.07, 6.45) is 3.46. The number of amides is 1. The smallest absolute Gasteiger partial charge is 0.264 e. The van der Waals surface area contributed by atoms with Crippen molar-refractivity contribution in [1.29, 1.82) is 0 Å². The maximum Gasteiger partial charge on any atom is 0.264 e. The minimum atomic E-state index is -3.79. The molecule has 21 heavy (non-hydrogen) atoms. The minimum absolute atomic E-state index is 0.0228. The standard InChI is InChI=1S/C13H18N4O3S/c1-11(18)15-21(19,20)13-7-5-12(6-8-13)14-16-17-9-3-2-4-10-17/h5-8H,2-4,9-10H2,1H3,(H,15,18). The summed E-state index contributed by atoms with van der Waals surface area (Å²) >= 11 is 0. The van der Waals surface area contributed by atoms with Gasteiger partial charge in [-0.15, -0.1) is 5.11 Å². The Morgan fingerprint density at radius 3 is 2.33 bits per heavy atom. The number of nitrogens with one attached hydrogen (secondary N) is 1. The Morgan fingerprint density at radius 1 is 1.14 bits per heavy atom. The molecule has 114 valence electrons. The molecule has 0 aliphatic carbocycles. The van der Waals surface area contributed by atoms with Crippen LogP contribution in [0.25, 0.3) is 0 Å². The third-order valence-electron chi connectivity index (χ3n) is 3.04. The van der Waals surface area contributed by atoms with Gasteiger partial charge in [-0.05, 0) is 43.5 Å². The second kappa shape index (κ2) is 6.66. The summed E-state index contributed by atoms with van der Waals surface area (Å²) in [4.78, 5) is 10.9. The molecule has 0 bridgehead atoms. The fourth-order valence-electron chi connectivity index (χ4n) is 2.02. The third kappa shape index (κ3) is 4.52. The highest BCUT2D eigenvalue weighted by Crippen LogP contribution is 2.18. The SMILES string of the molecule is CC(=O)NS(=O)(=O)c1ccc(N=NN2CCCCC2)cc1. The first kappa shape index (κ1) is 15.4. The summed E-state index contributed by atoms with van der Waals surface area (Å²) in [6.45, 7) is 2.95. The first-order valence-corrected chi connectivity index (χ1v) is 8.26. The van der Waals surface area contributed by atoms with Crippen molar-refractivity contribution >= 4 is 21.6 Å². The van der Waals surface area contributed by atoms with Gasteiger partial charge in [0.1, 0.15) is 0 Å². The van der Waals surface area contributed by atoms with Crippen LogP contribution >= 0.6 is 0 Å². The molecular weight excluding hydrogens is 292 g/mol. The van der Waals surface area contributed by atoms with Gasteiger partial charge in [0.25, 0.3) is 10.0 Å². The Bertz CT molecular complexity index is 619. The zero-order chi connectivity index (χ0) is 15.3. The van der Waals surface area contributed by atoms with Crippen LogP contribution in [0.3, 0.4) is 0 Å². The van der Waals surface area contributed by atoms with Gasteiger partial charge in [0.2, 0.25) is 5.91 Å². The average molecular weight is 310 g/mol. The van der Waals surface area contributed by atoms with E-state index in [9.17, 15) is 13.2 Å². The number of hydrogen-bond donors (Lipinski definition) is 1. The topological polar surface area (TPSA) is 91.2 Å². The normalized spacial score (nSPS) is 16.1. The van der Waals surface area contributed by atoms with Crippen LogP contribution in [0.5, 0.6) is 0 Å². The zero-order valence-corrected chi connectivity index (χ0v) is 12.6. The quantitative estimate of drug-likeness (QED) is 0.861. The van der Waals surface area contributed by atoms with Crippen molar-refractivity contribution < 1.29 is 13.2 Å². The molecule has 1 saturated heterocycles. The van der Waals surface area contributed by atoms with Crippen molar-refractivity contribution in [1.82, 2.24) is 9.73 Å². The molecule has 7 nitrogen and oxygen atoms in total. The fraction of sp³-hybridized carbons (Fsp3) is 0.462. The van der Waals surface area contributed by atoms with E-state index in [2.05, 4.69) is 10.3 Å². The second-order valence-electron chi connectivity index (χ2n) is 4.86. The van der Waals surface area contributed by atoms with E-state index in [0.717, 1.165) is 32.9 Å². The molecule has 8 heteroatoms. The Balaban J connectivity index is 2.05. The van der Waals surface area contributed by atoms with Crippen LogP contribution in [0, 0.1) is 0 Å². The molecule has 0 aromatic heterocycles. The predicted molar refractivity (Wildman–Crippen MR) is 77.4 cm³/mol. The number of sulfonamides is 1. The van der Waals surface area contributed by atoms with E-state index < -0.39 is 15.9 Å². The van der Waals surface area contributed by atoms with Crippen molar-refractivity contribution in [2.24, 2.45) is 10.3 Å². The summed E-state index contributed by atoms with van der Waals surface area (Å²) in [5.74, 6) is -0.621. The lowest BCUT2D eigenvalue weighted by Gasteiger charge is -2.21. The Morgan fingerprint density at radius 2 is 1.76 bits per heavy atom. The molecule has 0 radical (unpaired) electrons. The molecule has 1 aromatic rings. The molecule has 1 fully saturated rings. The van der Waals surface area contributed by atoms with Gasteiger partial charge in [0.15, 0.2) is 0 Å². The van der Waals surface area contributed by atoms with E-state index in [4.69, 9.17) is 0 Å². The van der Waals surface area contributed by atoms with Crippen molar-refractivity contribution in [2.75, 3.05) is 13.1 Å². The molecule has 1 N–H and O–H groups in total. The summed E-state index contributed by atoms with van der Waals surface area (Å²) < 4.78 is 25.4. The maximum atomic E-state index is 11.8. The first-order valence-electron chi connectivity index (χ1n) is 6.77. The second-order valence-corrected chi connectivity index (χ2v) is 6.54. The summed E-state index contributed by atoms with van der Waals surface area (Å²) in [5, 5.41) is 10.1. The molecule has 1 heterocycles. The minimum Gasteiger partial charge on any atom is -0.278 e. The Labute approximate surface area is 124 Å². The molecule has 0 atom stereocenters. The van der Waals surface area contributed by atoms with Gasteiger partial charge in [0, 0.05) is 20.0 Å². The van der Waals surface area contributed by atoms with Gasteiger partial charge >= 0.3 is 0 Å². The summed E-state index contributed by atoms with van der Waals surface area (Å²) in [6, 6.07) is 5.91. The number of carbonyl (C=O) groups excluding carboxylic acids is 1. The van der Waals surface area contributed by atoms with Crippen LogP contribution in [0.15, 0.2) is 39.5 Å².